The molecular formula is C87H108BBr3ClF3N20O9. The summed E-state index contributed by atoms with van der Waals surface area (Å²) in [5.74, 6) is 2.34. The first-order chi connectivity index (χ1) is 59.8. The number of methoxy groups -OCH3 is 2. The number of amides is 2. The van der Waals surface area contributed by atoms with Gasteiger partial charge in [-0.3, -0.25) is 29.1 Å². The molecule has 0 bridgehead atoms. The second-order valence-corrected chi connectivity index (χ2v) is 38.8. The van der Waals surface area contributed by atoms with Crippen LogP contribution in [-0.2, 0) is 73.3 Å². The summed E-state index contributed by atoms with van der Waals surface area (Å²) in [5, 5.41) is 9.74. The number of allylic oxidation sites excluding steroid dienone is 1. The Morgan fingerprint density at radius 3 is 1.17 bits per heavy atom. The van der Waals surface area contributed by atoms with E-state index in [1.54, 1.807) is 48.3 Å². The standard InChI is InChI=1S/C29H36FN7O3.C28H34FN7O3.C27H35FN6O2.C3H3ClO.BBr3/c1-5-27(38)37-13-12-36(15-21(37)14-31-2)28-23-17-35(16-22-24(30)9-6-10-26(22)39-4)18-25(23)32-29(33-28)40-19-20-8-7-11-34(20)3;1-4-26(38)36-12-11-35(14-20(36)13-30-2)27-22-16-34(15-21-23(29)8-5-9-25(21)37)17-24(22)31-28(32-27)39-18-19-7-6-10-33(19)3;1-29-13-19-7-5-12-34(14-19)26-22-16-33(15-21-23(28)9-4-10-25(21)35-3)17-24(22)30-27(31-26)36-18-20-8-6-11-32(20)2;1-2-3(4)5;2-1(3)4/h5-6,9-10,20-21H,1,7-8,11-19H2,3-4H3;4-5,8-9,19-20,37H,1,6-7,10-18H2,3H3;4,9-10,19-20H,5-8,11-18H2,2-3H3;2H,1H2;/t20-,21-;2*19-,20-;;/m000../s1. The van der Waals surface area contributed by atoms with Crippen LogP contribution in [0.4, 0.5) is 30.6 Å². The number of aromatic nitrogens is 6. The largest absolute Gasteiger partial charge is 0.508 e. The van der Waals surface area contributed by atoms with Gasteiger partial charge >= 0.3 is 21.2 Å². The fourth-order valence-electron chi connectivity index (χ4n) is 17.3. The van der Waals surface area contributed by atoms with Gasteiger partial charge in [-0.15, -0.1) is 47.3 Å². The molecule has 6 atom stereocenters. The fourth-order valence-corrected chi connectivity index (χ4v) is 17.3. The molecule has 0 radical (unpaired) electrons. The van der Waals surface area contributed by atoms with Crippen LogP contribution in [-0.4, -0.2) is 271 Å². The molecule has 0 unspecified atom stereocenters. The van der Waals surface area contributed by atoms with E-state index < -0.39 is 11.1 Å². The minimum atomic E-state index is -0.509. The van der Waals surface area contributed by atoms with Crippen molar-refractivity contribution in [3.8, 4) is 35.3 Å². The molecule has 9 aliphatic rings. The van der Waals surface area contributed by atoms with Crippen LogP contribution in [0.1, 0.15) is 102 Å². The van der Waals surface area contributed by atoms with E-state index >= 15 is 0 Å². The first-order valence-corrected chi connectivity index (χ1v) is 44.8. The van der Waals surface area contributed by atoms with Gasteiger partial charge in [0.2, 0.25) is 36.7 Å². The number of hydrogen-bond acceptors (Lipinski definition) is 24. The maximum atomic E-state index is 14.7. The number of piperidine rings is 1. The number of hydrogen-bond donors (Lipinski definition) is 1. The molecule has 0 aliphatic carbocycles. The number of phenolic OH excluding ortho intramolecular Hbond substituents is 1. The van der Waals surface area contributed by atoms with Crippen molar-refractivity contribution >= 4 is 96.6 Å². The van der Waals surface area contributed by atoms with Crippen molar-refractivity contribution in [1.29, 1.82) is 0 Å². The van der Waals surface area contributed by atoms with Crippen molar-refractivity contribution in [2.75, 3.05) is 162 Å². The van der Waals surface area contributed by atoms with Crippen molar-refractivity contribution < 1.29 is 56.3 Å². The lowest BCUT2D eigenvalue weighted by atomic mass is 9.98. The Balaban J connectivity index is 0.000000172. The molecule has 9 aliphatic heterocycles. The highest BCUT2D eigenvalue weighted by molar-refractivity contribution is 9.69. The van der Waals surface area contributed by atoms with Gasteiger partial charge in [-0.2, -0.15) is 29.9 Å². The normalized spacial score (nSPS) is 20.6. The first-order valence-electron chi connectivity index (χ1n) is 41.6. The summed E-state index contributed by atoms with van der Waals surface area (Å²) in [6, 6.07) is 15.6. The van der Waals surface area contributed by atoms with E-state index in [1.807, 2.05) is 4.90 Å². The van der Waals surface area contributed by atoms with Gasteiger partial charge in [-0.1, -0.05) is 37.9 Å². The minimum absolute atomic E-state index is 0.0769. The van der Waals surface area contributed by atoms with Crippen molar-refractivity contribution in [2.45, 2.75) is 140 Å². The highest BCUT2D eigenvalue weighted by Gasteiger charge is 2.40. The number of benzene rings is 3. The Hall–Kier alpha value is -9.26. The monoisotopic (exact) mass is 1920 g/mol. The van der Waals surface area contributed by atoms with Crippen LogP contribution >= 0.6 is 58.9 Å². The number of likely N-dealkylation sites (N-methyl/N-ethyl adjacent to an activating group) is 3. The number of aromatic hydroxyl groups is 1. The zero-order chi connectivity index (χ0) is 88.7. The van der Waals surface area contributed by atoms with Crippen LogP contribution in [0.2, 0.25) is 0 Å². The second kappa shape index (κ2) is 46.3. The quantitative estimate of drug-likeness (QED) is 0.0230. The van der Waals surface area contributed by atoms with E-state index in [9.17, 15) is 32.7 Å². The van der Waals surface area contributed by atoms with Crippen LogP contribution in [0.5, 0.6) is 35.3 Å². The third-order valence-electron chi connectivity index (χ3n) is 23.9. The number of fused-ring (bicyclic) bond motifs is 3. The first kappa shape index (κ1) is 95.4. The van der Waals surface area contributed by atoms with Crippen LogP contribution in [0.3, 0.4) is 0 Å². The van der Waals surface area contributed by atoms with Gasteiger partial charge in [0.05, 0.1) is 31.3 Å². The van der Waals surface area contributed by atoms with Crippen LogP contribution in [0.15, 0.2) is 92.6 Å². The Morgan fingerprint density at radius 1 is 0.492 bits per heavy atom. The maximum absolute atomic E-state index is 14.7. The Labute approximate surface area is 755 Å². The van der Waals surface area contributed by atoms with Crippen LogP contribution in [0, 0.1) is 43.1 Å². The van der Waals surface area contributed by atoms with Gasteiger partial charge in [0.25, 0.3) is 0 Å². The highest BCUT2D eigenvalue weighted by atomic mass is 79.9. The molecule has 3 aromatic carbocycles. The van der Waals surface area contributed by atoms with Crippen molar-refractivity contribution in [2.24, 2.45) is 5.92 Å². The number of carbonyl (C=O) groups excluding carboxylic acids is 3. The molecular weight excluding hydrogens is 1810 g/mol. The zero-order valence-electron chi connectivity index (χ0n) is 70.9. The molecule has 1 N–H and O–H groups in total. The van der Waals surface area contributed by atoms with Crippen LogP contribution < -0.4 is 38.4 Å². The molecule has 3 aromatic heterocycles. The molecule has 2 amide bonds. The summed E-state index contributed by atoms with van der Waals surface area (Å²) in [7, 11) is 9.44. The van der Waals surface area contributed by atoms with Gasteiger partial charge in [0, 0.05) is 169 Å². The molecule has 12 heterocycles. The summed E-state index contributed by atoms with van der Waals surface area (Å²) in [5.41, 5.74) is 6.86. The van der Waals surface area contributed by atoms with Gasteiger partial charge in [-0.05, 0) is 158 Å². The Morgan fingerprint density at radius 2 is 0.839 bits per heavy atom. The number of phenols is 1. The zero-order valence-corrected chi connectivity index (χ0v) is 76.4. The van der Waals surface area contributed by atoms with E-state index in [0.717, 1.165) is 135 Å². The molecule has 124 heavy (non-hydrogen) atoms. The molecule has 0 spiro atoms. The number of likely N-dealkylation sites (tertiary alicyclic amines) is 3. The number of anilines is 3. The third kappa shape index (κ3) is 25.1. The Bertz CT molecular complexity index is 4840. The fraction of sp³-hybridized carbons (Fsp3) is 0.517. The number of piperazine rings is 2. The van der Waals surface area contributed by atoms with Gasteiger partial charge in [-0.25, -0.2) is 32.9 Å². The minimum Gasteiger partial charge on any atom is -0.508 e. The Kier molecular flexibility index (Phi) is 35.6. The van der Waals surface area contributed by atoms with E-state index in [-0.39, 0.29) is 69.7 Å². The predicted octanol–water partition coefficient (Wildman–Crippen LogP) is 12.0. The van der Waals surface area contributed by atoms with Gasteiger partial charge in [0.15, 0.2) is 0 Å². The lowest BCUT2D eigenvalue weighted by Gasteiger charge is -2.40. The molecule has 662 valence electrons. The van der Waals surface area contributed by atoms with Crippen molar-refractivity contribution in [1.82, 2.24) is 69.1 Å². The molecule has 6 fully saturated rings. The summed E-state index contributed by atoms with van der Waals surface area (Å²) in [4.78, 5) is 97.3. The average molecular weight is 1920 g/mol. The molecule has 0 saturated carbocycles. The summed E-state index contributed by atoms with van der Waals surface area (Å²) in [6.07, 6.45) is 12.5. The third-order valence-corrected chi connectivity index (χ3v) is 24.0. The van der Waals surface area contributed by atoms with Gasteiger partial charge in [0.1, 0.15) is 84.1 Å². The van der Waals surface area contributed by atoms with E-state index in [2.05, 4.69) is 142 Å². The van der Waals surface area contributed by atoms with E-state index in [4.69, 9.17) is 84.9 Å². The molecule has 29 nitrogen and oxygen atoms in total. The number of halogens is 7. The molecule has 6 aromatic rings. The summed E-state index contributed by atoms with van der Waals surface area (Å²) in [6.45, 7) is 47.0. The lowest BCUT2D eigenvalue weighted by Crippen LogP contribution is -2.56. The topological polar surface area (TPSA) is 244 Å². The SMILES string of the molecule is BrB(Br)Br.C=CC(=O)Cl.[C-]#[N+]C[C@@H]1CCCN(c2nc(OC[C@@H]3CCCN3C)nc3c2CN(Cc2c(F)cccc2OC)C3)C1.[C-]#[N+]C[C@H]1CN(c2nc(OC[C@@H]3CCCN3C)nc3c2CN(Cc2c(F)cccc2OC)C3)CCN1C(=O)C=C.[C-]#[N+]C[C@H]1CN(c2nc(OC[C@@H]3CCCN3C)nc3c2CN(Cc2c(O)cccc2F)C3)CCN1C(=O)C=C. The van der Waals surface area contributed by atoms with Gasteiger partial charge < -0.3 is 82.5 Å². The number of nitrogens with zero attached hydrogens (tertiary/aromatic N) is 20. The smallest absolute Gasteiger partial charge is 0.369 e. The predicted molar refractivity (Wildman–Crippen MR) is 481 cm³/mol. The molecule has 37 heteroatoms. The average Bonchev–Trinajstić information content (AvgIpc) is 1.62. The second-order valence-electron chi connectivity index (χ2n) is 31.9. The number of rotatable bonds is 26. The van der Waals surface area contributed by atoms with E-state index in [0.29, 0.717) is 183 Å². The lowest BCUT2D eigenvalue weighted by molar-refractivity contribution is -0.129. The summed E-state index contributed by atoms with van der Waals surface area (Å²) >= 11 is 14.0. The summed E-state index contributed by atoms with van der Waals surface area (Å²) < 4.78 is 73.5. The number of ether oxygens (including phenoxy) is 5. The van der Waals surface area contributed by atoms with E-state index in [1.165, 1.54) is 48.9 Å². The molecule has 15 rings (SSSR count). The van der Waals surface area contributed by atoms with Crippen LogP contribution in [0.25, 0.3) is 14.5 Å². The molecule has 6 saturated heterocycles. The maximum Gasteiger partial charge on any atom is 0.369 e. The van der Waals surface area contributed by atoms with Crippen molar-refractivity contribution in [3.05, 3.63) is 195 Å². The van der Waals surface area contributed by atoms with Crippen molar-refractivity contribution in [3.63, 3.8) is 0 Å². The highest BCUT2D eigenvalue weighted by Crippen LogP contribution is 2.40. The number of carbonyl (C=O) groups is 3.